The van der Waals surface area contributed by atoms with Crippen LogP contribution in [-0.4, -0.2) is 29.8 Å². The van der Waals surface area contributed by atoms with Crippen molar-refractivity contribution >= 4 is 6.09 Å². The largest absolute Gasteiger partial charge is 0.444 e. The van der Waals surface area contributed by atoms with Gasteiger partial charge in [-0.15, -0.1) is 0 Å². The molecule has 0 heterocycles. The first kappa shape index (κ1) is 18.3. The van der Waals surface area contributed by atoms with Gasteiger partial charge in [0, 0.05) is 18.1 Å². The molecule has 0 saturated heterocycles. The molecule has 0 radical (unpaired) electrons. The van der Waals surface area contributed by atoms with Crippen LogP contribution in [0.1, 0.15) is 73.6 Å². The Kier molecular flexibility index (Phi) is 6.98. The standard InChI is InChI=1S/C17H34N2O2/c1-12(2)7-8-13(3)18-14-9-10-15(11-14)19-16(20)21-17(4,5)6/h12-15,18H,7-11H2,1-6H3,(H,19,20). The van der Waals surface area contributed by atoms with Crippen LogP contribution in [0.4, 0.5) is 4.79 Å². The van der Waals surface area contributed by atoms with Gasteiger partial charge in [-0.25, -0.2) is 4.79 Å². The summed E-state index contributed by atoms with van der Waals surface area (Å²) in [5.74, 6) is 0.763. The number of ether oxygens (including phenoxy) is 1. The van der Waals surface area contributed by atoms with Crippen molar-refractivity contribution in [2.75, 3.05) is 0 Å². The van der Waals surface area contributed by atoms with E-state index in [-0.39, 0.29) is 12.1 Å². The molecule has 1 aliphatic carbocycles. The summed E-state index contributed by atoms with van der Waals surface area (Å²) in [6.07, 6.45) is 5.37. The van der Waals surface area contributed by atoms with Crippen LogP contribution in [0.5, 0.6) is 0 Å². The van der Waals surface area contributed by atoms with E-state index in [2.05, 4.69) is 31.4 Å². The van der Waals surface area contributed by atoms with Gasteiger partial charge >= 0.3 is 6.09 Å². The lowest BCUT2D eigenvalue weighted by molar-refractivity contribution is 0.0505. The third-order valence-electron chi connectivity index (χ3n) is 3.85. The molecule has 1 fully saturated rings. The number of amides is 1. The number of carbonyl (C=O) groups is 1. The summed E-state index contributed by atoms with van der Waals surface area (Å²) >= 11 is 0. The summed E-state index contributed by atoms with van der Waals surface area (Å²) < 4.78 is 5.31. The maximum absolute atomic E-state index is 11.8. The molecular weight excluding hydrogens is 264 g/mol. The molecule has 1 amide bonds. The zero-order chi connectivity index (χ0) is 16.0. The van der Waals surface area contributed by atoms with E-state index in [1.54, 1.807) is 0 Å². The van der Waals surface area contributed by atoms with Crippen LogP contribution in [0.15, 0.2) is 0 Å². The maximum atomic E-state index is 11.8. The highest BCUT2D eigenvalue weighted by Gasteiger charge is 2.28. The lowest BCUT2D eigenvalue weighted by Gasteiger charge is -2.22. The first-order valence-electron chi connectivity index (χ1n) is 8.41. The van der Waals surface area contributed by atoms with Crippen molar-refractivity contribution in [1.82, 2.24) is 10.6 Å². The molecule has 0 spiro atoms. The molecule has 0 aromatic carbocycles. The lowest BCUT2D eigenvalue weighted by atomic mass is 10.0. The van der Waals surface area contributed by atoms with Crippen molar-refractivity contribution in [3.05, 3.63) is 0 Å². The van der Waals surface area contributed by atoms with Crippen LogP contribution >= 0.6 is 0 Å². The molecule has 2 N–H and O–H groups in total. The molecule has 1 aliphatic rings. The number of hydrogen-bond donors (Lipinski definition) is 2. The Morgan fingerprint density at radius 3 is 2.33 bits per heavy atom. The molecule has 0 aromatic rings. The van der Waals surface area contributed by atoms with Gasteiger partial charge in [0.15, 0.2) is 0 Å². The van der Waals surface area contributed by atoms with E-state index in [0.717, 1.165) is 25.2 Å². The third-order valence-corrected chi connectivity index (χ3v) is 3.85. The summed E-state index contributed by atoms with van der Waals surface area (Å²) in [7, 11) is 0. The van der Waals surface area contributed by atoms with E-state index < -0.39 is 5.60 Å². The van der Waals surface area contributed by atoms with Crippen molar-refractivity contribution in [2.24, 2.45) is 5.92 Å². The van der Waals surface area contributed by atoms with E-state index in [1.807, 2.05) is 20.8 Å². The van der Waals surface area contributed by atoms with Crippen molar-refractivity contribution in [3.8, 4) is 0 Å². The van der Waals surface area contributed by atoms with E-state index in [4.69, 9.17) is 4.74 Å². The third kappa shape index (κ3) is 8.30. The topological polar surface area (TPSA) is 50.4 Å². The van der Waals surface area contributed by atoms with Crippen LogP contribution < -0.4 is 10.6 Å². The van der Waals surface area contributed by atoms with Gasteiger partial charge in [0.2, 0.25) is 0 Å². The zero-order valence-electron chi connectivity index (χ0n) is 14.7. The molecule has 0 aromatic heterocycles. The summed E-state index contributed by atoms with van der Waals surface area (Å²) in [4.78, 5) is 11.8. The number of hydrogen-bond acceptors (Lipinski definition) is 3. The van der Waals surface area contributed by atoms with Gasteiger partial charge in [0.1, 0.15) is 5.60 Å². The minimum Gasteiger partial charge on any atom is -0.444 e. The van der Waals surface area contributed by atoms with Gasteiger partial charge in [-0.3, -0.25) is 0 Å². The van der Waals surface area contributed by atoms with Crippen LogP contribution in [0, 0.1) is 5.92 Å². The van der Waals surface area contributed by atoms with E-state index >= 15 is 0 Å². The zero-order valence-corrected chi connectivity index (χ0v) is 14.7. The highest BCUT2D eigenvalue weighted by molar-refractivity contribution is 5.68. The Morgan fingerprint density at radius 2 is 1.76 bits per heavy atom. The fourth-order valence-electron chi connectivity index (χ4n) is 2.81. The first-order valence-corrected chi connectivity index (χ1v) is 8.41. The molecule has 124 valence electrons. The second-order valence-corrected chi connectivity index (χ2v) is 7.89. The van der Waals surface area contributed by atoms with Crippen LogP contribution in [0.25, 0.3) is 0 Å². The van der Waals surface area contributed by atoms with Gasteiger partial charge in [-0.2, -0.15) is 0 Å². The van der Waals surface area contributed by atoms with Crippen molar-refractivity contribution in [3.63, 3.8) is 0 Å². The minimum absolute atomic E-state index is 0.245. The van der Waals surface area contributed by atoms with Gasteiger partial charge in [0.25, 0.3) is 0 Å². The Balaban J connectivity index is 2.24. The SMILES string of the molecule is CC(C)CCC(C)NC1CCC(NC(=O)OC(C)(C)C)C1. The summed E-state index contributed by atoms with van der Waals surface area (Å²) in [6, 6.07) is 1.32. The molecule has 21 heavy (non-hydrogen) atoms. The highest BCUT2D eigenvalue weighted by Crippen LogP contribution is 2.21. The summed E-state index contributed by atoms with van der Waals surface area (Å²) in [6.45, 7) is 12.5. The van der Waals surface area contributed by atoms with Crippen molar-refractivity contribution in [2.45, 2.75) is 97.4 Å². The van der Waals surface area contributed by atoms with Crippen LogP contribution in [0.3, 0.4) is 0 Å². The summed E-state index contributed by atoms with van der Waals surface area (Å²) in [5.41, 5.74) is -0.425. The van der Waals surface area contributed by atoms with E-state index in [9.17, 15) is 4.79 Å². The van der Waals surface area contributed by atoms with Gasteiger partial charge in [-0.05, 0) is 65.7 Å². The van der Waals surface area contributed by atoms with Crippen molar-refractivity contribution < 1.29 is 9.53 Å². The van der Waals surface area contributed by atoms with Gasteiger partial charge < -0.3 is 15.4 Å². The molecule has 3 atom stereocenters. The second-order valence-electron chi connectivity index (χ2n) is 7.89. The number of carbonyl (C=O) groups excluding carboxylic acids is 1. The van der Waals surface area contributed by atoms with Crippen LogP contribution in [0.2, 0.25) is 0 Å². The molecule has 4 heteroatoms. The lowest BCUT2D eigenvalue weighted by Crippen LogP contribution is -2.40. The molecule has 0 bridgehead atoms. The van der Waals surface area contributed by atoms with E-state index in [0.29, 0.717) is 12.1 Å². The molecule has 3 unspecified atom stereocenters. The molecule has 0 aliphatic heterocycles. The Morgan fingerprint density at radius 1 is 1.14 bits per heavy atom. The molecular formula is C17H34N2O2. The summed E-state index contributed by atoms with van der Waals surface area (Å²) in [5, 5.41) is 6.68. The number of nitrogens with one attached hydrogen (secondary N) is 2. The minimum atomic E-state index is -0.425. The molecule has 1 rings (SSSR count). The molecule has 4 nitrogen and oxygen atoms in total. The monoisotopic (exact) mass is 298 g/mol. The quantitative estimate of drug-likeness (QED) is 0.783. The predicted octanol–water partition coefficient (Wildman–Crippen LogP) is 3.85. The smallest absolute Gasteiger partial charge is 0.407 e. The van der Waals surface area contributed by atoms with Gasteiger partial charge in [0.05, 0.1) is 0 Å². The van der Waals surface area contributed by atoms with E-state index in [1.165, 1.54) is 12.8 Å². The Bertz CT molecular complexity index is 323. The fraction of sp³-hybridized carbons (Fsp3) is 0.941. The highest BCUT2D eigenvalue weighted by atomic mass is 16.6. The first-order chi connectivity index (χ1) is 9.65. The maximum Gasteiger partial charge on any atom is 0.407 e. The Labute approximate surface area is 130 Å². The van der Waals surface area contributed by atoms with Crippen molar-refractivity contribution in [1.29, 1.82) is 0 Å². The number of rotatable bonds is 6. The Hall–Kier alpha value is -0.770. The molecule has 1 saturated carbocycles. The fourth-order valence-corrected chi connectivity index (χ4v) is 2.81. The van der Waals surface area contributed by atoms with Gasteiger partial charge in [-0.1, -0.05) is 13.8 Å². The second kappa shape index (κ2) is 8.02. The predicted molar refractivity (Wildman–Crippen MR) is 87.5 cm³/mol. The number of alkyl carbamates (subject to hydrolysis) is 1. The normalized spacial score (nSPS) is 24.1. The average Bonchev–Trinajstić information content (AvgIpc) is 2.71. The average molecular weight is 298 g/mol. The van der Waals surface area contributed by atoms with Crippen LogP contribution in [-0.2, 0) is 4.74 Å².